The van der Waals surface area contributed by atoms with Gasteiger partial charge < -0.3 is 14.4 Å². The number of hydrogen-bond acceptors (Lipinski definition) is 5. The lowest BCUT2D eigenvalue weighted by molar-refractivity contribution is 0.00578. The zero-order valence-electron chi connectivity index (χ0n) is 12.2. The molecule has 1 fully saturated rings. The summed E-state index contributed by atoms with van der Waals surface area (Å²) in [7, 11) is -0.439. The molecule has 1 atom stereocenters. The Bertz CT molecular complexity index is 430. The molecule has 0 spiro atoms. The highest BCUT2D eigenvalue weighted by Crippen LogP contribution is 2.36. The van der Waals surface area contributed by atoms with Crippen molar-refractivity contribution >= 4 is 12.6 Å². The van der Waals surface area contributed by atoms with Crippen LogP contribution in [0.3, 0.4) is 0 Å². The molecular weight excluding hydrogens is 243 g/mol. The lowest BCUT2D eigenvalue weighted by Gasteiger charge is -2.32. The third-order valence-corrected chi connectivity index (χ3v) is 3.73. The molecule has 19 heavy (non-hydrogen) atoms. The topological polar surface area (TPSA) is 64.5 Å². The lowest BCUT2D eigenvalue weighted by atomic mass is 9.81. The van der Waals surface area contributed by atoms with Gasteiger partial charge in [0.15, 0.2) is 0 Å². The summed E-state index contributed by atoms with van der Waals surface area (Å²) in [5, 5.41) is 9.29. The fourth-order valence-electron chi connectivity index (χ4n) is 1.84. The van der Waals surface area contributed by atoms with E-state index < -0.39 is 13.2 Å². The maximum Gasteiger partial charge on any atom is 0.498 e. The van der Waals surface area contributed by atoms with Crippen LogP contribution in [0.25, 0.3) is 0 Å². The molecule has 1 unspecified atom stereocenters. The van der Waals surface area contributed by atoms with Gasteiger partial charge in [-0.15, -0.1) is 0 Å². The van der Waals surface area contributed by atoms with Crippen LogP contribution in [0.5, 0.6) is 0 Å². The van der Waals surface area contributed by atoms with Crippen LogP contribution < -0.4 is 5.46 Å². The molecule has 0 radical (unpaired) electrons. The number of hydrogen-bond donors (Lipinski definition) is 1. The van der Waals surface area contributed by atoms with Gasteiger partial charge in [0.05, 0.1) is 17.3 Å². The van der Waals surface area contributed by atoms with Gasteiger partial charge in [0.2, 0.25) is 0 Å². The van der Waals surface area contributed by atoms with E-state index in [0.717, 1.165) is 5.46 Å². The van der Waals surface area contributed by atoms with Crippen molar-refractivity contribution in [2.75, 3.05) is 0 Å². The molecule has 0 aromatic carbocycles. The monoisotopic (exact) mass is 264 g/mol. The first-order chi connectivity index (χ1) is 8.71. The van der Waals surface area contributed by atoms with Crippen molar-refractivity contribution in [1.29, 1.82) is 0 Å². The quantitative estimate of drug-likeness (QED) is 0.814. The van der Waals surface area contributed by atoms with E-state index in [2.05, 4.69) is 9.97 Å². The van der Waals surface area contributed by atoms with Crippen LogP contribution in [0.15, 0.2) is 12.4 Å². The molecule has 0 bridgehead atoms. The fourth-order valence-corrected chi connectivity index (χ4v) is 1.84. The number of rotatable bonds is 3. The molecule has 1 aromatic rings. The normalized spacial score (nSPS) is 22.5. The average molecular weight is 264 g/mol. The van der Waals surface area contributed by atoms with Gasteiger partial charge in [-0.2, -0.15) is 0 Å². The van der Waals surface area contributed by atoms with Gasteiger partial charge in [0.25, 0.3) is 0 Å². The van der Waals surface area contributed by atoms with Gasteiger partial charge in [0.1, 0.15) is 5.82 Å². The zero-order valence-corrected chi connectivity index (χ0v) is 12.2. The second-order valence-electron chi connectivity index (χ2n) is 6.07. The molecule has 0 amide bonds. The van der Waals surface area contributed by atoms with Crippen LogP contribution in [-0.2, 0) is 15.7 Å². The van der Waals surface area contributed by atoms with Gasteiger partial charge in [-0.25, -0.2) is 9.97 Å². The first-order valence-corrected chi connectivity index (χ1v) is 6.56. The summed E-state index contributed by atoms with van der Waals surface area (Å²) in [6.45, 7) is 9.75. The first-order valence-electron chi connectivity index (χ1n) is 6.56. The lowest BCUT2D eigenvalue weighted by Crippen LogP contribution is -2.41. The second-order valence-corrected chi connectivity index (χ2v) is 6.07. The van der Waals surface area contributed by atoms with E-state index in [4.69, 9.17) is 9.31 Å². The fraction of sp³-hybridized carbons (Fsp3) is 0.692. The van der Waals surface area contributed by atoms with Gasteiger partial charge in [-0.3, -0.25) is 0 Å². The highest BCUT2D eigenvalue weighted by Gasteiger charge is 2.51. The second kappa shape index (κ2) is 4.85. The van der Waals surface area contributed by atoms with Crippen LogP contribution >= 0.6 is 0 Å². The molecule has 1 aromatic heterocycles. The van der Waals surface area contributed by atoms with E-state index in [-0.39, 0.29) is 11.2 Å². The molecule has 2 heterocycles. The Morgan fingerprint density at radius 1 is 1.16 bits per heavy atom. The molecule has 1 N–H and O–H groups in total. The molecule has 1 aliphatic heterocycles. The van der Waals surface area contributed by atoms with Gasteiger partial charge in [0, 0.05) is 24.3 Å². The van der Waals surface area contributed by atoms with Gasteiger partial charge in [-0.05, 0) is 34.6 Å². The Labute approximate surface area is 114 Å². The molecule has 5 nitrogen and oxygen atoms in total. The van der Waals surface area contributed by atoms with E-state index in [0.29, 0.717) is 12.2 Å². The summed E-state index contributed by atoms with van der Waals surface area (Å²) in [4.78, 5) is 8.46. The summed E-state index contributed by atoms with van der Waals surface area (Å²) in [5.74, 6) is 0.621. The summed E-state index contributed by atoms with van der Waals surface area (Å²) in [6, 6.07) is 0. The molecule has 2 rings (SSSR count). The molecule has 1 aliphatic rings. The minimum atomic E-state index is -0.442. The van der Waals surface area contributed by atoms with Crippen molar-refractivity contribution in [1.82, 2.24) is 9.97 Å². The van der Waals surface area contributed by atoms with Crippen molar-refractivity contribution < 1.29 is 14.4 Å². The number of nitrogens with zero attached hydrogens (tertiary/aromatic N) is 2. The summed E-state index contributed by atoms with van der Waals surface area (Å²) < 4.78 is 11.8. The summed E-state index contributed by atoms with van der Waals surface area (Å²) in [6.07, 6.45) is 3.41. The Hall–Kier alpha value is -0.975. The SMILES string of the molecule is CC(O)Cc1ncc(B2OC(C)(C)C(C)(C)O2)cn1. The maximum atomic E-state index is 9.29. The van der Waals surface area contributed by atoms with Crippen molar-refractivity contribution in [3.05, 3.63) is 18.2 Å². The number of aliphatic hydroxyl groups excluding tert-OH is 1. The van der Waals surface area contributed by atoms with Crippen molar-refractivity contribution in [3.8, 4) is 0 Å². The van der Waals surface area contributed by atoms with Crippen LogP contribution in [0.2, 0.25) is 0 Å². The standard InChI is InChI=1S/C13H21BN2O3/c1-9(17)6-11-15-7-10(8-16-11)14-18-12(2,3)13(4,5)19-14/h7-9,17H,6H2,1-5H3. The number of aromatic nitrogens is 2. The molecule has 6 heteroatoms. The molecular formula is C13H21BN2O3. The van der Waals surface area contributed by atoms with Crippen molar-refractivity contribution in [2.24, 2.45) is 0 Å². The maximum absolute atomic E-state index is 9.29. The Morgan fingerprint density at radius 2 is 1.63 bits per heavy atom. The summed E-state index contributed by atoms with van der Waals surface area (Å²) in [5.41, 5.74) is 0.0688. The highest BCUT2D eigenvalue weighted by molar-refractivity contribution is 6.61. The van der Waals surface area contributed by atoms with E-state index in [1.54, 1.807) is 19.3 Å². The Kier molecular flexibility index (Phi) is 3.68. The minimum Gasteiger partial charge on any atom is -0.399 e. The predicted octanol–water partition coefficient (Wildman–Crippen LogP) is 0.699. The first kappa shape index (κ1) is 14.4. The largest absolute Gasteiger partial charge is 0.498 e. The Balaban J connectivity index is 2.12. The summed E-state index contributed by atoms with van der Waals surface area (Å²) >= 11 is 0. The molecule has 0 saturated carbocycles. The Morgan fingerprint density at radius 3 is 2.05 bits per heavy atom. The predicted molar refractivity (Wildman–Crippen MR) is 73.1 cm³/mol. The van der Waals surface area contributed by atoms with Crippen LogP contribution in [-0.4, -0.2) is 39.5 Å². The van der Waals surface area contributed by atoms with E-state index >= 15 is 0 Å². The van der Waals surface area contributed by atoms with Crippen LogP contribution in [0.1, 0.15) is 40.4 Å². The van der Waals surface area contributed by atoms with Gasteiger partial charge in [-0.1, -0.05) is 0 Å². The van der Waals surface area contributed by atoms with E-state index in [1.165, 1.54) is 0 Å². The molecule has 1 saturated heterocycles. The van der Waals surface area contributed by atoms with E-state index in [9.17, 15) is 5.11 Å². The minimum absolute atomic E-state index is 0.365. The van der Waals surface area contributed by atoms with E-state index in [1.807, 2.05) is 27.7 Å². The van der Waals surface area contributed by atoms with Crippen molar-refractivity contribution in [2.45, 2.75) is 58.3 Å². The van der Waals surface area contributed by atoms with Crippen LogP contribution in [0, 0.1) is 0 Å². The average Bonchev–Trinajstić information content (AvgIpc) is 2.48. The van der Waals surface area contributed by atoms with Crippen molar-refractivity contribution in [3.63, 3.8) is 0 Å². The van der Waals surface area contributed by atoms with Crippen LogP contribution in [0.4, 0.5) is 0 Å². The zero-order chi connectivity index (χ0) is 14.3. The smallest absolute Gasteiger partial charge is 0.399 e. The highest BCUT2D eigenvalue weighted by atomic mass is 16.7. The third-order valence-electron chi connectivity index (χ3n) is 3.73. The molecule has 104 valence electrons. The van der Waals surface area contributed by atoms with Gasteiger partial charge >= 0.3 is 7.12 Å². The number of aliphatic hydroxyl groups is 1. The molecule has 0 aliphatic carbocycles. The third kappa shape index (κ3) is 2.96.